The molecule has 0 spiro atoms. The van der Waals surface area contributed by atoms with Gasteiger partial charge in [-0.2, -0.15) is 0 Å². The molecule has 0 aliphatic rings. The van der Waals surface area contributed by atoms with Crippen LogP contribution in [0.5, 0.6) is 0 Å². The van der Waals surface area contributed by atoms with Crippen LogP contribution in [-0.2, 0) is 0 Å². The molecule has 0 unspecified atom stereocenters. The third-order valence-corrected chi connectivity index (χ3v) is 8.42. The van der Waals surface area contributed by atoms with E-state index >= 15 is 0 Å². The molecule has 50 heavy (non-hydrogen) atoms. The van der Waals surface area contributed by atoms with Crippen molar-refractivity contribution in [2.75, 3.05) is 0 Å². The number of benzene rings is 6. The van der Waals surface area contributed by atoms with Crippen LogP contribution in [0.15, 0.2) is 182 Å². The Bertz CT molecular complexity index is 2130. The highest BCUT2D eigenvalue weighted by Crippen LogP contribution is 2.29. The average Bonchev–Trinajstić information content (AvgIpc) is 3.19. The van der Waals surface area contributed by atoms with Crippen molar-refractivity contribution in [3.05, 3.63) is 192 Å². The zero-order valence-corrected chi connectivity index (χ0v) is 28.4. The molecule has 0 saturated carbocycles. The summed E-state index contributed by atoms with van der Waals surface area (Å²) in [5.74, 6) is 1.27. The Kier molecular flexibility index (Phi) is 10.1. The summed E-state index contributed by atoms with van der Waals surface area (Å²) in [5, 5.41) is 0.881. The van der Waals surface area contributed by atoms with Gasteiger partial charge in [0.25, 0.3) is 0 Å². The Morgan fingerprint density at radius 1 is 0.260 bits per heavy atom. The molecule has 0 fully saturated rings. The minimum absolute atomic E-state index is 0.441. The minimum Gasteiger partial charge on any atom is -0.228 e. The van der Waals surface area contributed by atoms with Crippen LogP contribution in [0.3, 0.4) is 0 Å². The predicted molar refractivity (Wildman–Crippen MR) is 207 cm³/mol. The zero-order valence-electron chi connectivity index (χ0n) is 26.9. The van der Waals surface area contributed by atoms with Gasteiger partial charge in [-0.05, 0) is 22.3 Å². The molecule has 0 atom stereocenters. The smallest absolute Gasteiger partial charge is 0.161 e. The molecule has 0 radical (unpaired) electrons. The van der Waals surface area contributed by atoms with Crippen LogP contribution in [0.4, 0.5) is 0 Å². The van der Waals surface area contributed by atoms with Crippen LogP contribution in [-0.4, -0.2) is 19.9 Å². The molecule has 2 heterocycles. The Morgan fingerprint density at radius 2 is 0.520 bits per heavy atom. The predicted octanol–water partition coefficient (Wildman–Crippen LogP) is 12.3. The average molecular weight is 686 g/mol. The van der Waals surface area contributed by atoms with Gasteiger partial charge >= 0.3 is 0 Å². The molecule has 0 aliphatic carbocycles. The lowest BCUT2D eigenvalue weighted by Crippen LogP contribution is -1.93. The molecule has 0 aliphatic heterocycles. The van der Waals surface area contributed by atoms with Crippen molar-refractivity contribution in [3.63, 3.8) is 0 Å². The largest absolute Gasteiger partial charge is 0.228 e. The van der Waals surface area contributed by atoms with E-state index in [-0.39, 0.29) is 0 Å². The first kappa shape index (κ1) is 32.6. The van der Waals surface area contributed by atoms with E-state index in [9.17, 15) is 0 Å². The normalized spacial score (nSPS) is 10.6. The lowest BCUT2D eigenvalue weighted by atomic mass is 10.0. The lowest BCUT2D eigenvalue weighted by Gasteiger charge is -2.07. The third-order valence-electron chi connectivity index (χ3n) is 8.03. The van der Waals surface area contributed by atoms with Gasteiger partial charge in [0.2, 0.25) is 0 Å². The molecule has 0 bridgehead atoms. The van der Waals surface area contributed by atoms with Gasteiger partial charge in [-0.25, -0.2) is 19.9 Å². The van der Waals surface area contributed by atoms with Crippen LogP contribution in [0.25, 0.3) is 67.5 Å². The van der Waals surface area contributed by atoms with E-state index in [1.807, 2.05) is 97.1 Å². The zero-order chi connectivity index (χ0) is 34.1. The number of halogens is 2. The van der Waals surface area contributed by atoms with Crippen LogP contribution >= 0.6 is 23.2 Å². The van der Waals surface area contributed by atoms with Crippen molar-refractivity contribution in [3.8, 4) is 67.5 Å². The Hall–Kier alpha value is -5.94. The number of hydrogen-bond donors (Lipinski definition) is 0. The summed E-state index contributed by atoms with van der Waals surface area (Å²) >= 11 is 12.5. The lowest BCUT2D eigenvalue weighted by molar-refractivity contribution is 1.18. The van der Waals surface area contributed by atoms with Gasteiger partial charge in [-0.15, -0.1) is 0 Å². The van der Waals surface area contributed by atoms with Gasteiger partial charge in [0.1, 0.15) is 10.3 Å². The Labute approximate surface area is 301 Å². The summed E-state index contributed by atoms with van der Waals surface area (Å²) in [6, 6.07) is 60.6. The SMILES string of the molecule is Clc1cc(-c2ccc(-c3ccccc3)cc2)nc(-c2ccccc2)n1.Clc1cc(-c2ccc(-c3ccccc3)cc2)nc(-c2ccccc2)n1. The molecular weight excluding hydrogens is 655 g/mol. The van der Waals surface area contributed by atoms with E-state index in [0.29, 0.717) is 22.0 Å². The second-order valence-corrected chi connectivity index (χ2v) is 12.2. The fourth-order valence-corrected chi connectivity index (χ4v) is 5.86. The van der Waals surface area contributed by atoms with Crippen molar-refractivity contribution in [1.29, 1.82) is 0 Å². The first-order chi connectivity index (χ1) is 24.6. The highest BCUT2D eigenvalue weighted by Gasteiger charge is 2.10. The minimum atomic E-state index is 0.441. The maximum atomic E-state index is 6.23. The summed E-state index contributed by atoms with van der Waals surface area (Å²) in [4.78, 5) is 18.1. The quantitative estimate of drug-likeness (QED) is 0.164. The molecule has 0 saturated heterocycles. The summed E-state index contributed by atoms with van der Waals surface area (Å²) < 4.78 is 0. The van der Waals surface area contributed by atoms with Gasteiger partial charge in [0.15, 0.2) is 11.6 Å². The molecule has 4 nitrogen and oxygen atoms in total. The van der Waals surface area contributed by atoms with E-state index in [1.165, 1.54) is 22.3 Å². The number of hydrogen-bond acceptors (Lipinski definition) is 4. The second-order valence-electron chi connectivity index (χ2n) is 11.4. The van der Waals surface area contributed by atoms with E-state index in [0.717, 1.165) is 33.6 Å². The summed E-state index contributed by atoms with van der Waals surface area (Å²) in [7, 11) is 0. The molecule has 6 aromatic carbocycles. The maximum Gasteiger partial charge on any atom is 0.161 e. The van der Waals surface area contributed by atoms with Crippen molar-refractivity contribution >= 4 is 23.2 Å². The second kappa shape index (κ2) is 15.5. The highest BCUT2D eigenvalue weighted by molar-refractivity contribution is 6.30. The van der Waals surface area contributed by atoms with Crippen molar-refractivity contribution in [2.24, 2.45) is 0 Å². The topological polar surface area (TPSA) is 51.6 Å². The number of nitrogens with zero attached hydrogens (tertiary/aromatic N) is 4. The number of aromatic nitrogens is 4. The van der Waals surface area contributed by atoms with Gasteiger partial charge in [0, 0.05) is 34.4 Å². The van der Waals surface area contributed by atoms with Crippen molar-refractivity contribution < 1.29 is 0 Å². The van der Waals surface area contributed by atoms with Crippen molar-refractivity contribution in [1.82, 2.24) is 19.9 Å². The fraction of sp³-hybridized carbons (Fsp3) is 0. The van der Waals surface area contributed by atoms with E-state index in [4.69, 9.17) is 23.2 Å². The maximum absolute atomic E-state index is 6.23. The van der Waals surface area contributed by atoms with E-state index in [2.05, 4.69) is 92.7 Å². The molecule has 0 amide bonds. The molecule has 8 rings (SSSR count). The van der Waals surface area contributed by atoms with Crippen LogP contribution in [0.1, 0.15) is 0 Å². The van der Waals surface area contributed by atoms with Gasteiger partial charge < -0.3 is 0 Å². The molecule has 240 valence electrons. The fourth-order valence-electron chi connectivity index (χ4n) is 5.49. The van der Waals surface area contributed by atoms with Crippen LogP contribution < -0.4 is 0 Å². The van der Waals surface area contributed by atoms with Gasteiger partial charge in [-0.3, -0.25) is 0 Å². The molecule has 6 heteroatoms. The summed E-state index contributed by atoms with van der Waals surface area (Å²) in [5.41, 5.74) is 10.3. The molecular formula is C44H30Cl2N4. The highest BCUT2D eigenvalue weighted by atomic mass is 35.5. The number of rotatable bonds is 6. The monoisotopic (exact) mass is 684 g/mol. The van der Waals surface area contributed by atoms with E-state index < -0.39 is 0 Å². The Morgan fingerprint density at radius 3 is 0.840 bits per heavy atom. The third kappa shape index (κ3) is 8.01. The van der Waals surface area contributed by atoms with Gasteiger partial charge in [-0.1, -0.05) is 193 Å². The molecule has 2 aromatic heterocycles. The Balaban J connectivity index is 0.000000157. The van der Waals surface area contributed by atoms with Crippen LogP contribution in [0.2, 0.25) is 10.3 Å². The summed E-state index contributed by atoms with van der Waals surface area (Å²) in [6.07, 6.45) is 0. The van der Waals surface area contributed by atoms with Gasteiger partial charge in [0.05, 0.1) is 11.4 Å². The molecule has 0 N–H and O–H groups in total. The van der Waals surface area contributed by atoms with Crippen LogP contribution in [0, 0.1) is 0 Å². The molecule has 8 aromatic rings. The first-order valence-corrected chi connectivity index (χ1v) is 16.9. The summed E-state index contributed by atoms with van der Waals surface area (Å²) in [6.45, 7) is 0. The van der Waals surface area contributed by atoms with Crippen molar-refractivity contribution in [2.45, 2.75) is 0 Å². The first-order valence-electron chi connectivity index (χ1n) is 16.1. The van der Waals surface area contributed by atoms with E-state index in [1.54, 1.807) is 12.1 Å². The standard InChI is InChI=1S/2C22H15ClN2/c2*23-21-15-20(24-22(25-21)19-9-5-2-6-10-19)18-13-11-17(12-14-18)16-7-3-1-4-8-16/h2*1-15H.